The first kappa shape index (κ1) is 22.1. The van der Waals surface area contributed by atoms with Gasteiger partial charge in [0.05, 0.1) is 18.8 Å². The number of fused-ring (bicyclic) bond motifs is 1. The molecule has 1 saturated heterocycles. The Morgan fingerprint density at radius 1 is 0.971 bits per heavy atom. The quantitative estimate of drug-likeness (QED) is 0.579. The minimum Gasteiger partial charge on any atom is -0.481 e. The van der Waals surface area contributed by atoms with Crippen LogP contribution in [-0.2, 0) is 22.7 Å². The maximum Gasteiger partial charge on any atom is 0.276 e. The van der Waals surface area contributed by atoms with Crippen molar-refractivity contribution in [2.45, 2.75) is 32.3 Å². The molecule has 176 valence electrons. The van der Waals surface area contributed by atoms with Gasteiger partial charge in [-0.05, 0) is 24.6 Å². The number of para-hydroxylation sites is 1. The smallest absolute Gasteiger partial charge is 0.276 e. The van der Waals surface area contributed by atoms with Crippen LogP contribution in [0.3, 0.4) is 0 Å². The largest absolute Gasteiger partial charge is 0.481 e. The third-order valence-electron chi connectivity index (χ3n) is 6.25. The van der Waals surface area contributed by atoms with Crippen LogP contribution in [0.25, 0.3) is 0 Å². The maximum atomic E-state index is 13.2. The Balaban J connectivity index is 1.18. The molecule has 0 unspecified atom stereocenters. The molecular formula is C25H27N5O4. The number of nitrogens with zero attached hydrogens (tertiary/aromatic N) is 5. The summed E-state index contributed by atoms with van der Waals surface area (Å²) in [6.07, 6.45) is -0.711. The third-order valence-corrected chi connectivity index (χ3v) is 6.25. The number of carbonyl (C=O) groups is 2. The molecule has 0 N–H and O–H groups in total. The molecule has 0 bridgehead atoms. The van der Waals surface area contributed by atoms with Crippen LogP contribution in [0, 0.1) is 0 Å². The molecule has 2 amide bonds. The van der Waals surface area contributed by atoms with Gasteiger partial charge in [0.15, 0.2) is 11.8 Å². The van der Waals surface area contributed by atoms with Crippen molar-refractivity contribution in [2.75, 3.05) is 26.2 Å². The van der Waals surface area contributed by atoms with Gasteiger partial charge in [-0.3, -0.25) is 9.59 Å². The van der Waals surface area contributed by atoms with E-state index in [9.17, 15) is 9.59 Å². The molecule has 2 aliphatic heterocycles. The summed E-state index contributed by atoms with van der Waals surface area (Å²) < 4.78 is 13.5. The van der Waals surface area contributed by atoms with Gasteiger partial charge in [0.1, 0.15) is 11.9 Å². The molecule has 9 heteroatoms. The van der Waals surface area contributed by atoms with E-state index in [1.165, 1.54) is 0 Å². The second-order valence-electron chi connectivity index (χ2n) is 8.47. The molecule has 2 aliphatic rings. The molecule has 9 nitrogen and oxygen atoms in total. The molecule has 2 atom stereocenters. The molecule has 0 aliphatic carbocycles. The number of ether oxygens (including phenoxy) is 2. The van der Waals surface area contributed by atoms with E-state index in [1.807, 2.05) is 60.7 Å². The van der Waals surface area contributed by atoms with Crippen molar-refractivity contribution in [1.29, 1.82) is 0 Å². The van der Waals surface area contributed by atoms with Crippen molar-refractivity contribution >= 4 is 11.8 Å². The van der Waals surface area contributed by atoms with Gasteiger partial charge in [0.2, 0.25) is 0 Å². The number of piperazine rings is 1. The Labute approximate surface area is 197 Å². The molecule has 5 rings (SSSR count). The summed E-state index contributed by atoms with van der Waals surface area (Å²) in [6, 6.07) is 19.2. The average Bonchev–Trinajstić information content (AvgIpc) is 3.32. The van der Waals surface area contributed by atoms with E-state index in [0.29, 0.717) is 49.9 Å². The lowest BCUT2D eigenvalue weighted by molar-refractivity contribution is -0.139. The van der Waals surface area contributed by atoms with Gasteiger partial charge in [0, 0.05) is 26.2 Å². The summed E-state index contributed by atoms with van der Waals surface area (Å²) in [5, 5.41) is 8.38. The molecule has 2 aromatic carbocycles. The predicted octanol–water partition coefficient (Wildman–Crippen LogP) is 2.30. The molecule has 1 aromatic heterocycles. The van der Waals surface area contributed by atoms with Crippen LogP contribution in [0.5, 0.6) is 5.75 Å². The van der Waals surface area contributed by atoms with E-state index in [2.05, 4.69) is 10.3 Å². The van der Waals surface area contributed by atoms with E-state index >= 15 is 0 Å². The zero-order valence-corrected chi connectivity index (χ0v) is 19.0. The molecule has 3 aromatic rings. The van der Waals surface area contributed by atoms with Gasteiger partial charge >= 0.3 is 0 Å². The maximum absolute atomic E-state index is 13.2. The Hall–Kier alpha value is -3.72. The highest BCUT2D eigenvalue weighted by molar-refractivity contribution is 5.93. The number of carbonyl (C=O) groups excluding carboxylic acids is 2. The fourth-order valence-corrected chi connectivity index (χ4v) is 4.34. The van der Waals surface area contributed by atoms with Gasteiger partial charge in [0.25, 0.3) is 11.8 Å². The molecular weight excluding hydrogens is 434 g/mol. The SMILES string of the molecule is C[C@@H](Oc1ccccc1)C(=O)N1CCN(C(=O)c2nnn3c2CO[C@@H](c2ccccc2)C3)CC1. The summed E-state index contributed by atoms with van der Waals surface area (Å²) >= 11 is 0. The first-order valence-corrected chi connectivity index (χ1v) is 11.5. The van der Waals surface area contributed by atoms with E-state index in [1.54, 1.807) is 21.4 Å². The van der Waals surface area contributed by atoms with Crippen LogP contribution < -0.4 is 4.74 Å². The van der Waals surface area contributed by atoms with Crippen LogP contribution in [-0.4, -0.2) is 68.9 Å². The molecule has 0 spiro atoms. The number of aromatic nitrogens is 3. The number of hydrogen-bond donors (Lipinski definition) is 0. The van der Waals surface area contributed by atoms with Gasteiger partial charge in [-0.1, -0.05) is 53.7 Å². The summed E-state index contributed by atoms with van der Waals surface area (Å²) in [5.74, 6) is 0.395. The molecule has 3 heterocycles. The summed E-state index contributed by atoms with van der Waals surface area (Å²) in [5.41, 5.74) is 2.09. The first-order valence-electron chi connectivity index (χ1n) is 11.5. The van der Waals surface area contributed by atoms with Crippen molar-refractivity contribution in [2.24, 2.45) is 0 Å². The summed E-state index contributed by atoms with van der Waals surface area (Å²) in [7, 11) is 0. The van der Waals surface area contributed by atoms with Crippen LogP contribution in [0.4, 0.5) is 0 Å². The zero-order valence-electron chi connectivity index (χ0n) is 19.0. The minimum absolute atomic E-state index is 0.0858. The first-order chi connectivity index (χ1) is 16.6. The van der Waals surface area contributed by atoms with Crippen LogP contribution in [0.15, 0.2) is 60.7 Å². The molecule has 0 radical (unpaired) electrons. The molecule has 1 fully saturated rings. The number of amides is 2. The predicted molar refractivity (Wildman–Crippen MR) is 123 cm³/mol. The third kappa shape index (κ3) is 4.51. The highest BCUT2D eigenvalue weighted by Crippen LogP contribution is 2.27. The van der Waals surface area contributed by atoms with Crippen molar-refractivity contribution in [3.63, 3.8) is 0 Å². The monoisotopic (exact) mass is 461 g/mol. The highest BCUT2D eigenvalue weighted by Gasteiger charge is 2.33. The van der Waals surface area contributed by atoms with E-state index in [4.69, 9.17) is 9.47 Å². The second-order valence-corrected chi connectivity index (χ2v) is 8.47. The fourth-order valence-electron chi connectivity index (χ4n) is 4.34. The van der Waals surface area contributed by atoms with Crippen LogP contribution >= 0.6 is 0 Å². The van der Waals surface area contributed by atoms with E-state index in [-0.39, 0.29) is 24.5 Å². The lowest BCUT2D eigenvalue weighted by Crippen LogP contribution is -2.53. The number of rotatable bonds is 5. The van der Waals surface area contributed by atoms with Gasteiger partial charge in [-0.2, -0.15) is 0 Å². The van der Waals surface area contributed by atoms with Crippen molar-refractivity contribution in [3.8, 4) is 5.75 Å². The zero-order chi connectivity index (χ0) is 23.5. The van der Waals surface area contributed by atoms with E-state index in [0.717, 1.165) is 5.56 Å². The fraction of sp³-hybridized carbons (Fsp3) is 0.360. The van der Waals surface area contributed by atoms with E-state index < -0.39 is 6.10 Å². The molecule has 0 saturated carbocycles. The standard InChI is InChI=1S/C25H27N5O4/c1-18(34-20-10-6-3-7-11-20)24(31)28-12-14-29(15-13-28)25(32)23-21-17-33-22(16-30(21)27-26-23)19-8-4-2-5-9-19/h2-11,18,22H,12-17H2,1H3/t18-,22-/m1/s1. The average molecular weight is 462 g/mol. The van der Waals surface area contributed by atoms with Crippen molar-refractivity contribution < 1.29 is 19.1 Å². The number of benzene rings is 2. The highest BCUT2D eigenvalue weighted by atomic mass is 16.5. The lowest BCUT2D eigenvalue weighted by Gasteiger charge is -2.35. The van der Waals surface area contributed by atoms with Gasteiger partial charge in [-0.15, -0.1) is 5.10 Å². The molecule has 34 heavy (non-hydrogen) atoms. The van der Waals surface area contributed by atoms with Gasteiger partial charge in [-0.25, -0.2) is 4.68 Å². The summed E-state index contributed by atoms with van der Waals surface area (Å²) in [4.78, 5) is 29.4. The Morgan fingerprint density at radius 2 is 1.62 bits per heavy atom. The lowest BCUT2D eigenvalue weighted by atomic mass is 10.1. The van der Waals surface area contributed by atoms with Crippen LogP contribution in [0.2, 0.25) is 0 Å². The Bertz CT molecular complexity index is 1140. The van der Waals surface area contributed by atoms with Crippen molar-refractivity contribution in [3.05, 3.63) is 77.6 Å². The van der Waals surface area contributed by atoms with Crippen LogP contribution in [0.1, 0.15) is 34.8 Å². The topological polar surface area (TPSA) is 89.8 Å². The summed E-state index contributed by atoms with van der Waals surface area (Å²) in [6.45, 7) is 4.30. The second kappa shape index (κ2) is 9.64. The Morgan fingerprint density at radius 3 is 2.32 bits per heavy atom. The minimum atomic E-state index is -0.594. The normalized spacial score (nSPS) is 18.8. The number of hydrogen-bond acceptors (Lipinski definition) is 6. The Kier molecular flexibility index (Phi) is 6.27. The van der Waals surface area contributed by atoms with Gasteiger partial charge < -0.3 is 19.3 Å². The van der Waals surface area contributed by atoms with Crippen molar-refractivity contribution in [1.82, 2.24) is 24.8 Å².